The monoisotopic (exact) mass is 557 g/mol. The van der Waals surface area contributed by atoms with Crippen molar-refractivity contribution in [3.63, 3.8) is 0 Å². The molecule has 1 saturated heterocycles. The molecule has 3 heterocycles. The molecule has 206 valence electrons. The number of carboxylic acid groups (broad SMARTS) is 2. The van der Waals surface area contributed by atoms with Crippen molar-refractivity contribution < 1.29 is 38.8 Å². The predicted molar refractivity (Wildman–Crippen MR) is 145 cm³/mol. The summed E-state index contributed by atoms with van der Waals surface area (Å²) in [4.78, 5) is 35.6. The average molecular weight is 558 g/mol. The molecular formula is C27H28FN3O7S. The summed E-state index contributed by atoms with van der Waals surface area (Å²) in [7, 11) is 0. The van der Waals surface area contributed by atoms with E-state index >= 15 is 0 Å². The summed E-state index contributed by atoms with van der Waals surface area (Å²) >= 11 is 1.69. The van der Waals surface area contributed by atoms with E-state index in [1.807, 2.05) is 30.3 Å². The number of H-pyrrole nitrogens is 1. The molecule has 5 rings (SSSR count). The minimum Gasteiger partial charge on any atom is -0.490 e. The van der Waals surface area contributed by atoms with E-state index in [0.29, 0.717) is 30.4 Å². The molecule has 1 amide bonds. The van der Waals surface area contributed by atoms with E-state index < -0.39 is 18.0 Å². The number of amides is 1. The number of carbonyl (C=O) groups excluding carboxylic acids is 1. The Bertz CT molecular complexity index is 1450. The topological polar surface area (TPSA) is 152 Å². The fraction of sp³-hybridized carbons (Fsp3) is 0.296. The van der Waals surface area contributed by atoms with Gasteiger partial charge in [-0.2, -0.15) is 0 Å². The van der Waals surface area contributed by atoms with Crippen molar-refractivity contribution in [1.29, 1.82) is 0 Å². The standard InChI is InChI=1S/C25H26FN3O3S.C2H2O4/c26-18-5-4-17-10-23(33-24(17)11-18)16-6-8-29(9-7-16)13-19(31)14-32-22-3-1-2-21-20(22)12-25(28-21)27-15-30;3-1(4)2(5)6/h1-5,10-12,15-16,19,28,31H,6-9,13-14H2,(H,27,30);(H,3,4)(H,5,6)/t19-;/m0./s1. The number of nitrogens with zero attached hydrogens (tertiary/aromatic N) is 1. The number of aromatic nitrogens is 1. The minimum atomic E-state index is -1.82. The molecule has 1 aliphatic heterocycles. The number of anilines is 1. The molecule has 1 fully saturated rings. The molecule has 10 nitrogen and oxygen atoms in total. The lowest BCUT2D eigenvalue weighted by Crippen LogP contribution is -2.40. The van der Waals surface area contributed by atoms with Crippen molar-refractivity contribution in [3.8, 4) is 5.75 Å². The summed E-state index contributed by atoms with van der Waals surface area (Å²) in [6.07, 6.45) is 2.07. The molecule has 2 aromatic heterocycles. The Balaban J connectivity index is 0.000000531. The minimum absolute atomic E-state index is 0.187. The maximum absolute atomic E-state index is 13.5. The summed E-state index contributed by atoms with van der Waals surface area (Å²) in [5.41, 5.74) is 0.859. The van der Waals surface area contributed by atoms with E-state index in [9.17, 15) is 14.3 Å². The van der Waals surface area contributed by atoms with Crippen molar-refractivity contribution in [2.75, 3.05) is 31.6 Å². The highest BCUT2D eigenvalue weighted by Crippen LogP contribution is 2.36. The number of nitrogens with one attached hydrogen (secondary N) is 2. The van der Waals surface area contributed by atoms with Crippen molar-refractivity contribution in [3.05, 3.63) is 59.2 Å². The third-order valence-corrected chi connectivity index (χ3v) is 7.67. The molecule has 0 unspecified atom stereocenters. The maximum Gasteiger partial charge on any atom is 0.414 e. The van der Waals surface area contributed by atoms with Crippen molar-refractivity contribution >= 4 is 56.5 Å². The van der Waals surface area contributed by atoms with Crippen LogP contribution in [0, 0.1) is 5.82 Å². The number of likely N-dealkylation sites (tertiary alicyclic amines) is 1. The van der Waals surface area contributed by atoms with Gasteiger partial charge < -0.3 is 35.3 Å². The van der Waals surface area contributed by atoms with Crippen LogP contribution in [0.25, 0.3) is 21.0 Å². The molecule has 12 heteroatoms. The molecule has 0 bridgehead atoms. The zero-order chi connectivity index (χ0) is 27.9. The number of aliphatic hydroxyl groups is 1. The Hall–Kier alpha value is -4.00. The number of hydrogen-bond donors (Lipinski definition) is 5. The van der Waals surface area contributed by atoms with Gasteiger partial charge in [-0.15, -0.1) is 11.3 Å². The first-order chi connectivity index (χ1) is 18.7. The summed E-state index contributed by atoms with van der Waals surface area (Å²) in [5.74, 6) is -2.09. The molecule has 0 aliphatic carbocycles. The molecule has 0 saturated carbocycles. The van der Waals surface area contributed by atoms with Crippen LogP contribution in [0.4, 0.5) is 10.2 Å². The van der Waals surface area contributed by atoms with E-state index in [1.54, 1.807) is 17.4 Å². The van der Waals surface area contributed by atoms with Gasteiger partial charge in [-0.3, -0.25) is 4.79 Å². The zero-order valence-electron chi connectivity index (χ0n) is 20.8. The van der Waals surface area contributed by atoms with Crippen molar-refractivity contribution in [2.24, 2.45) is 0 Å². The molecule has 39 heavy (non-hydrogen) atoms. The van der Waals surface area contributed by atoms with E-state index in [0.717, 1.165) is 46.9 Å². The van der Waals surface area contributed by atoms with Gasteiger partial charge >= 0.3 is 11.9 Å². The number of aromatic amines is 1. The number of carbonyl (C=O) groups is 3. The summed E-state index contributed by atoms with van der Waals surface area (Å²) in [6, 6.07) is 14.6. The van der Waals surface area contributed by atoms with Gasteiger partial charge in [0.15, 0.2) is 0 Å². The second-order valence-corrected chi connectivity index (χ2v) is 10.3. The molecule has 5 N–H and O–H groups in total. The summed E-state index contributed by atoms with van der Waals surface area (Å²) in [6.45, 7) is 2.59. The quantitative estimate of drug-likeness (QED) is 0.162. The van der Waals surface area contributed by atoms with Gasteiger partial charge in [-0.05, 0) is 73.6 Å². The highest BCUT2D eigenvalue weighted by atomic mass is 32.1. The van der Waals surface area contributed by atoms with Crippen LogP contribution in [-0.2, 0) is 14.4 Å². The van der Waals surface area contributed by atoms with Gasteiger partial charge in [0.2, 0.25) is 6.41 Å². The maximum atomic E-state index is 13.5. The Morgan fingerprint density at radius 2 is 1.90 bits per heavy atom. The van der Waals surface area contributed by atoms with E-state index in [2.05, 4.69) is 21.3 Å². The molecule has 4 aromatic rings. The van der Waals surface area contributed by atoms with Crippen LogP contribution in [0.1, 0.15) is 23.6 Å². The average Bonchev–Trinajstić information content (AvgIpc) is 3.52. The largest absolute Gasteiger partial charge is 0.490 e. The van der Waals surface area contributed by atoms with Gasteiger partial charge in [-0.25, -0.2) is 14.0 Å². The third-order valence-electron chi connectivity index (χ3n) is 6.41. The first-order valence-electron chi connectivity index (χ1n) is 12.2. The van der Waals surface area contributed by atoms with Crippen molar-refractivity contribution in [1.82, 2.24) is 9.88 Å². The second kappa shape index (κ2) is 12.7. The lowest BCUT2D eigenvalue weighted by Gasteiger charge is -2.32. The fourth-order valence-electron chi connectivity index (χ4n) is 4.56. The Kier molecular flexibility index (Phi) is 9.12. The van der Waals surface area contributed by atoms with Crippen LogP contribution < -0.4 is 10.1 Å². The number of rotatable bonds is 8. The fourth-order valence-corrected chi connectivity index (χ4v) is 5.82. The molecule has 2 aromatic carbocycles. The van der Waals surface area contributed by atoms with E-state index in [4.69, 9.17) is 24.5 Å². The number of piperidine rings is 1. The Labute approximate surface area is 226 Å². The Morgan fingerprint density at radius 3 is 2.59 bits per heavy atom. The number of carboxylic acids is 2. The lowest BCUT2D eigenvalue weighted by molar-refractivity contribution is -0.159. The molecule has 1 atom stereocenters. The van der Waals surface area contributed by atoms with Gasteiger partial charge in [-0.1, -0.05) is 12.1 Å². The molecule has 0 spiro atoms. The highest BCUT2D eigenvalue weighted by Gasteiger charge is 2.24. The number of aliphatic hydroxyl groups excluding tert-OH is 1. The molecule has 0 radical (unpaired) electrons. The third kappa shape index (κ3) is 7.31. The molecule has 1 aliphatic rings. The van der Waals surface area contributed by atoms with Crippen LogP contribution >= 0.6 is 11.3 Å². The number of halogens is 1. The number of hydrogen-bond acceptors (Lipinski definition) is 7. The number of β-amino-alcohol motifs (C(OH)–C–C–N with tert-alkyl or cyclic N) is 1. The van der Waals surface area contributed by atoms with E-state index in [-0.39, 0.29) is 12.4 Å². The van der Waals surface area contributed by atoms with Gasteiger partial charge in [0.1, 0.15) is 30.1 Å². The van der Waals surface area contributed by atoms with Crippen molar-refractivity contribution in [2.45, 2.75) is 24.9 Å². The van der Waals surface area contributed by atoms with Gasteiger partial charge in [0, 0.05) is 21.5 Å². The first kappa shape index (κ1) is 28.0. The Morgan fingerprint density at radius 1 is 1.15 bits per heavy atom. The van der Waals surface area contributed by atoms with Crippen LogP contribution in [0.3, 0.4) is 0 Å². The zero-order valence-corrected chi connectivity index (χ0v) is 21.6. The predicted octanol–water partition coefficient (Wildman–Crippen LogP) is 3.86. The normalized spacial score (nSPS) is 14.9. The smallest absolute Gasteiger partial charge is 0.414 e. The highest BCUT2D eigenvalue weighted by molar-refractivity contribution is 7.19. The second-order valence-electron chi connectivity index (χ2n) is 9.14. The molecular weight excluding hydrogens is 529 g/mol. The SMILES string of the molecule is O=C(O)C(=O)O.O=CNc1cc2c(OC[C@@H](O)CN3CCC(c4cc5ccc(F)cc5s4)CC3)cccc2[nH]1. The van der Waals surface area contributed by atoms with Crippen LogP contribution in [-0.4, -0.2) is 75.9 Å². The lowest BCUT2D eigenvalue weighted by atomic mass is 9.95. The number of aliphatic carboxylic acids is 2. The van der Waals surface area contributed by atoms with Crippen LogP contribution in [0.2, 0.25) is 0 Å². The number of ether oxygens (including phenoxy) is 1. The first-order valence-corrected chi connectivity index (χ1v) is 13.1. The summed E-state index contributed by atoms with van der Waals surface area (Å²) in [5, 5.41) is 29.9. The van der Waals surface area contributed by atoms with Crippen LogP contribution in [0.5, 0.6) is 5.75 Å². The number of fused-ring (bicyclic) bond motifs is 2. The van der Waals surface area contributed by atoms with E-state index in [1.165, 1.54) is 10.9 Å². The van der Waals surface area contributed by atoms with Crippen LogP contribution in [0.15, 0.2) is 48.5 Å². The summed E-state index contributed by atoms with van der Waals surface area (Å²) < 4.78 is 20.4. The number of benzene rings is 2. The van der Waals surface area contributed by atoms with Gasteiger partial charge in [0.05, 0.1) is 5.52 Å². The van der Waals surface area contributed by atoms with Gasteiger partial charge in [0.25, 0.3) is 0 Å². The number of thiophene rings is 1.